The molecule has 1 aromatic carbocycles. The third kappa shape index (κ3) is 3.17. The van der Waals surface area contributed by atoms with Gasteiger partial charge in [-0.1, -0.05) is 30.4 Å². The molecule has 162 valence electrons. The van der Waals surface area contributed by atoms with E-state index in [4.69, 9.17) is 9.15 Å². The summed E-state index contributed by atoms with van der Waals surface area (Å²) in [5, 5.41) is 7.77. The highest BCUT2D eigenvalue weighted by Crippen LogP contribution is 2.52. The summed E-state index contributed by atoms with van der Waals surface area (Å²) in [6, 6.07) is 6.25. The molecule has 3 aliphatic heterocycles. The summed E-state index contributed by atoms with van der Waals surface area (Å²) in [4.78, 5) is 30.1. The van der Waals surface area contributed by atoms with Crippen molar-refractivity contribution in [1.29, 1.82) is 0 Å². The van der Waals surface area contributed by atoms with Crippen LogP contribution < -0.4 is 0 Å². The molecule has 2 fully saturated rings. The fourth-order valence-electron chi connectivity index (χ4n) is 5.05. The number of aromatic nitrogens is 2. The van der Waals surface area contributed by atoms with Crippen LogP contribution in [0.25, 0.3) is 0 Å². The van der Waals surface area contributed by atoms with Crippen LogP contribution >= 0.6 is 0 Å². The average Bonchev–Trinajstić information content (AvgIpc) is 3.46. The summed E-state index contributed by atoms with van der Waals surface area (Å²) in [6.45, 7) is 7.03. The Kier molecular flexibility index (Phi) is 4.51. The normalized spacial score (nSPS) is 28.5. The molecule has 5 rings (SSSR count). The zero-order valence-electron chi connectivity index (χ0n) is 18.2. The van der Waals surface area contributed by atoms with Crippen molar-refractivity contribution >= 4 is 11.8 Å². The van der Waals surface area contributed by atoms with Gasteiger partial charge < -0.3 is 19.0 Å². The summed E-state index contributed by atoms with van der Waals surface area (Å²) in [5.41, 5.74) is 2.79. The monoisotopic (exact) mass is 422 g/mol. The van der Waals surface area contributed by atoms with E-state index in [1.165, 1.54) is 11.1 Å². The van der Waals surface area contributed by atoms with E-state index in [-0.39, 0.29) is 24.5 Å². The van der Waals surface area contributed by atoms with Gasteiger partial charge in [0.25, 0.3) is 0 Å². The molecule has 2 saturated heterocycles. The smallest absolute Gasteiger partial charge is 0.235 e. The number of aryl methyl sites for hydroxylation is 3. The van der Waals surface area contributed by atoms with Gasteiger partial charge in [0, 0.05) is 20.5 Å². The van der Waals surface area contributed by atoms with E-state index in [1.54, 1.807) is 18.9 Å². The van der Waals surface area contributed by atoms with Gasteiger partial charge in [-0.3, -0.25) is 9.59 Å². The van der Waals surface area contributed by atoms with Gasteiger partial charge >= 0.3 is 0 Å². The van der Waals surface area contributed by atoms with Crippen LogP contribution in [-0.4, -0.2) is 57.1 Å². The van der Waals surface area contributed by atoms with Crippen molar-refractivity contribution in [3.05, 3.63) is 58.8 Å². The first-order chi connectivity index (χ1) is 14.8. The number of carbonyl (C=O) groups excluding carboxylic acids is 2. The molecule has 2 amide bonds. The number of likely N-dealkylation sites (tertiary alicyclic amines) is 1. The first kappa shape index (κ1) is 19.9. The standard InChI is InChI=1S/C23H26N4O4/c1-13-5-6-16(9-14(13)2)10-27-12-23-8-7-17(31-23)19(20(23)22(27)29)21(28)26(4)11-18-25-24-15(3)30-18/h5-9,17,19-20H,10-12H2,1-4H3/t17-,19-,20+,23-/m0/s1. The highest BCUT2D eigenvalue weighted by molar-refractivity contribution is 5.93. The van der Waals surface area contributed by atoms with Crippen molar-refractivity contribution in [3.63, 3.8) is 0 Å². The van der Waals surface area contributed by atoms with Crippen LogP contribution in [0.4, 0.5) is 0 Å². The molecule has 31 heavy (non-hydrogen) atoms. The van der Waals surface area contributed by atoms with Gasteiger partial charge in [-0.05, 0) is 30.5 Å². The molecule has 8 nitrogen and oxygen atoms in total. The summed E-state index contributed by atoms with van der Waals surface area (Å²) in [5.74, 6) is -0.389. The van der Waals surface area contributed by atoms with Crippen LogP contribution in [0, 0.1) is 32.6 Å². The molecular weight excluding hydrogens is 396 g/mol. The SMILES string of the molecule is Cc1nnc(CN(C)C(=O)[C@H]2[C@@H]3C=C[C@@]4(CN(Cc5ccc(C)c(C)c5)C(=O)[C@@H]24)O3)o1. The van der Waals surface area contributed by atoms with E-state index in [1.807, 2.05) is 17.1 Å². The molecule has 4 heterocycles. The van der Waals surface area contributed by atoms with Crippen LogP contribution in [0.2, 0.25) is 0 Å². The van der Waals surface area contributed by atoms with Gasteiger partial charge in [0.2, 0.25) is 23.6 Å². The molecule has 0 radical (unpaired) electrons. The van der Waals surface area contributed by atoms with E-state index in [2.05, 4.69) is 42.2 Å². The van der Waals surface area contributed by atoms with Crippen LogP contribution in [0.15, 0.2) is 34.8 Å². The van der Waals surface area contributed by atoms with Gasteiger partial charge in [0.15, 0.2) is 0 Å². The van der Waals surface area contributed by atoms with Crippen molar-refractivity contribution in [1.82, 2.24) is 20.0 Å². The third-order valence-electron chi connectivity index (χ3n) is 6.73. The number of ether oxygens (including phenoxy) is 1. The van der Waals surface area contributed by atoms with Gasteiger partial charge in [0.05, 0.1) is 31.0 Å². The van der Waals surface area contributed by atoms with Gasteiger partial charge in [-0.15, -0.1) is 10.2 Å². The quantitative estimate of drug-likeness (QED) is 0.684. The Morgan fingerprint density at radius 2 is 2.06 bits per heavy atom. The molecule has 4 atom stereocenters. The van der Waals surface area contributed by atoms with E-state index in [9.17, 15) is 9.59 Å². The molecule has 0 N–H and O–H groups in total. The van der Waals surface area contributed by atoms with Crippen molar-refractivity contribution in [2.24, 2.45) is 11.8 Å². The molecule has 2 aromatic rings. The number of nitrogens with zero attached hydrogens (tertiary/aromatic N) is 4. The minimum atomic E-state index is -0.719. The van der Waals surface area contributed by atoms with Crippen molar-refractivity contribution in [2.45, 2.75) is 45.6 Å². The average molecular weight is 422 g/mol. The number of amides is 2. The predicted octanol–water partition coefficient (Wildman–Crippen LogP) is 1.94. The third-order valence-corrected chi connectivity index (χ3v) is 6.73. The molecule has 0 saturated carbocycles. The first-order valence-electron chi connectivity index (χ1n) is 10.5. The Labute approximate surface area is 180 Å². The lowest BCUT2D eigenvalue weighted by molar-refractivity contribution is -0.143. The maximum atomic E-state index is 13.4. The number of hydrogen-bond donors (Lipinski definition) is 0. The first-order valence-corrected chi connectivity index (χ1v) is 10.5. The molecule has 0 unspecified atom stereocenters. The topological polar surface area (TPSA) is 88.8 Å². The fourth-order valence-corrected chi connectivity index (χ4v) is 5.05. The molecule has 1 aromatic heterocycles. The van der Waals surface area contributed by atoms with Gasteiger partial charge in [-0.2, -0.15) is 0 Å². The number of hydrogen-bond acceptors (Lipinski definition) is 6. The Morgan fingerprint density at radius 3 is 2.77 bits per heavy atom. The lowest BCUT2D eigenvalue weighted by Gasteiger charge is -2.27. The Bertz CT molecular complexity index is 1090. The van der Waals surface area contributed by atoms with Crippen molar-refractivity contribution in [3.8, 4) is 0 Å². The predicted molar refractivity (Wildman–Crippen MR) is 111 cm³/mol. The minimum absolute atomic E-state index is 0.0227. The summed E-state index contributed by atoms with van der Waals surface area (Å²) >= 11 is 0. The van der Waals surface area contributed by atoms with Crippen LogP contribution in [0.5, 0.6) is 0 Å². The number of fused-ring (bicyclic) bond motifs is 1. The lowest BCUT2D eigenvalue weighted by Crippen LogP contribution is -2.44. The second-order valence-corrected chi connectivity index (χ2v) is 8.92. The molecular formula is C23H26N4O4. The van der Waals surface area contributed by atoms with Crippen LogP contribution in [0.1, 0.15) is 28.5 Å². The summed E-state index contributed by atoms with van der Waals surface area (Å²) in [7, 11) is 1.69. The molecule has 2 bridgehead atoms. The summed E-state index contributed by atoms with van der Waals surface area (Å²) in [6.07, 6.45) is 3.53. The number of rotatable bonds is 5. The van der Waals surface area contributed by atoms with Crippen molar-refractivity contribution in [2.75, 3.05) is 13.6 Å². The second-order valence-electron chi connectivity index (χ2n) is 8.92. The number of benzene rings is 1. The maximum absolute atomic E-state index is 13.4. The number of carbonyl (C=O) groups is 2. The van der Waals surface area contributed by atoms with Crippen LogP contribution in [0.3, 0.4) is 0 Å². The zero-order valence-corrected chi connectivity index (χ0v) is 18.2. The molecule has 3 aliphatic rings. The molecule has 8 heteroatoms. The highest BCUT2D eigenvalue weighted by atomic mass is 16.5. The van der Waals surface area contributed by atoms with E-state index in [0.717, 1.165) is 5.56 Å². The van der Waals surface area contributed by atoms with E-state index in [0.29, 0.717) is 24.9 Å². The summed E-state index contributed by atoms with van der Waals surface area (Å²) < 4.78 is 11.6. The fraction of sp³-hybridized carbons (Fsp3) is 0.478. The largest absolute Gasteiger partial charge is 0.424 e. The van der Waals surface area contributed by atoms with Gasteiger partial charge in [-0.25, -0.2) is 0 Å². The minimum Gasteiger partial charge on any atom is -0.424 e. The Morgan fingerprint density at radius 1 is 1.26 bits per heavy atom. The highest BCUT2D eigenvalue weighted by Gasteiger charge is 2.67. The maximum Gasteiger partial charge on any atom is 0.235 e. The van der Waals surface area contributed by atoms with Gasteiger partial charge in [0.1, 0.15) is 5.60 Å². The van der Waals surface area contributed by atoms with Crippen LogP contribution in [-0.2, 0) is 27.4 Å². The lowest BCUT2D eigenvalue weighted by atomic mass is 9.76. The Balaban J connectivity index is 1.35. The second kappa shape index (κ2) is 7.02. The zero-order chi connectivity index (χ0) is 21.9. The molecule has 0 aliphatic carbocycles. The van der Waals surface area contributed by atoms with E-state index >= 15 is 0 Å². The van der Waals surface area contributed by atoms with E-state index < -0.39 is 17.4 Å². The van der Waals surface area contributed by atoms with Crippen molar-refractivity contribution < 1.29 is 18.7 Å². The Hall–Kier alpha value is -3.00. The molecule has 1 spiro atoms.